The summed E-state index contributed by atoms with van der Waals surface area (Å²) in [4.78, 5) is 12.7. The van der Waals surface area contributed by atoms with Gasteiger partial charge in [-0.2, -0.15) is 13.2 Å². The second kappa shape index (κ2) is 8.13. The molecule has 1 amide bonds. The number of nitrogens with one attached hydrogen (secondary N) is 2. The Bertz CT molecular complexity index is 705. The third-order valence-corrected chi connectivity index (χ3v) is 3.70. The van der Waals surface area contributed by atoms with Crippen molar-refractivity contribution in [3.63, 3.8) is 0 Å². The monoisotopic (exact) mass is 353 g/mol. The van der Waals surface area contributed by atoms with Crippen LogP contribution in [0.25, 0.3) is 0 Å². The molecule has 0 radical (unpaired) electrons. The first-order valence-electron chi connectivity index (χ1n) is 7.77. The first-order valence-corrected chi connectivity index (χ1v) is 7.77. The number of aliphatic hydroxyl groups is 1. The average molecular weight is 353 g/mol. The summed E-state index contributed by atoms with van der Waals surface area (Å²) in [5.41, 5.74) is -0.425. The van der Waals surface area contributed by atoms with E-state index < -0.39 is 23.8 Å². The lowest BCUT2D eigenvalue weighted by Gasteiger charge is -2.19. The van der Waals surface area contributed by atoms with E-state index in [0.717, 1.165) is 11.6 Å². The zero-order chi connectivity index (χ0) is 18.4. The standard InChI is InChI=1S/C18H19F3N2O2/c1-23(11-16(24)13-7-3-2-4-8-13)12-17(25)22-15-10-6-5-9-14(15)18(19,20)21/h2-10,16,24H,11-12H2,1H3,(H,22,25)/p+1/t16-/m1/s1. The minimum absolute atomic E-state index is 0.0594. The molecular formula is C18H20F3N2O2+. The van der Waals surface area contributed by atoms with Gasteiger partial charge in [0.1, 0.15) is 12.6 Å². The maximum Gasteiger partial charge on any atom is 0.418 e. The van der Waals surface area contributed by atoms with Gasteiger partial charge < -0.3 is 15.3 Å². The Morgan fingerprint density at radius 1 is 1.12 bits per heavy atom. The number of rotatable bonds is 6. The maximum absolute atomic E-state index is 12.9. The van der Waals surface area contributed by atoms with E-state index in [4.69, 9.17) is 0 Å². The molecule has 2 atom stereocenters. The highest BCUT2D eigenvalue weighted by Gasteiger charge is 2.33. The third-order valence-electron chi connectivity index (χ3n) is 3.70. The Hall–Kier alpha value is -2.38. The zero-order valence-corrected chi connectivity index (χ0v) is 13.7. The molecule has 1 unspecified atom stereocenters. The predicted octanol–water partition coefficient (Wildman–Crippen LogP) is 1.89. The smallest absolute Gasteiger partial charge is 0.382 e. The van der Waals surface area contributed by atoms with E-state index in [1.165, 1.54) is 18.2 Å². The Labute approximate surface area is 143 Å². The number of hydrogen-bond donors (Lipinski definition) is 3. The molecule has 2 rings (SSSR count). The van der Waals surface area contributed by atoms with Crippen molar-refractivity contribution in [2.75, 3.05) is 25.5 Å². The Morgan fingerprint density at radius 2 is 1.72 bits per heavy atom. The van der Waals surface area contributed by atoms with Gasteiger partial charge in [0.2, 0.25) is 0 Å². The third kappa shape index (κ3) is 5.58. The number of hydrogen-bond acceptors (Lipinski definition) is 2. The number of aliphatic hydroxyl groups excluding tert-OH is 1. The van der Waals surface area contributed by atoms with Crippen LogP contribution >= 0.6 is 0 Å². The van der Waals surface area contributed by atoms with E-state index in [9.17, 15) is 23.1 Å². The molecule has 0 aliphatic heterocycles. The number of likely N-dealkylation sites (N-methyl/N-ethyl adjacent to an activating group) is 1. The fourth-order valence-electron chi connectivity index (χ4n) is 2.50. The average Bonchev–Trinajstić information content (AvgIpc) is 2.54. The fourth-order valence-corrected chi connectivity index (χ4v) is 2.50. The van der Waals surface area contributed by atoms with Crippen LogP contribution in [0.5, 0.6) is 0 Å². The summed E-state index contributed by atoms with van der Waals surface area (Å²) in [6.07, 6.45) is -5.29. The van der Waals surface area contributed by atoms with Gasteiger partial charge in [-0.25, -0.2) is 0 Å². The van der Waals surface area contributed by atoms with Gasteiger partial charge in [-0.3, -0.25) is 4.79 Å². The highest BCUT2D eigenvalue weighted by atomic mass is 19.4. The molecular weight excluding hydrogens is 333 g/mol. The van der Waals surface area contributed by atoms with E-state index in [-0.39, 0.29) is 18.8 Å². The van der Waals surface area contributed by atoms with Crippen molar-refractivity contribution in [3.8, 4) is 0 Å². The summed E-state index contributed by atoms with van der Waals surface area (Å²) < 4.78 is 38.8. The molecule has 0 aromatic heterocycles. The summed E-state index contributed by atoms with van der Waals surface area (Å²) >= 11 is 0. The largest absolute Gasteiger partial charge is 0.418 e. The van der Waals surface area contributed by atoms with Crippen LogP contribution in [0, 0.1) is 0 Å². The molecule has 7 heteroatoms. The number of quaternary nitrogens is 1. The van der Waals surface area contributed by atoms with E-state index in [1.54, 1.807) is 31.3 Å². The fraction of sp³-hybridized carbons (Fsp3) is 0.278. The van der Waals surface area contributed by atoms with Crippen molar-refractivity contribution >= 4 is 11.6 Å². The second-order valence-electron chi connectivity index (χ2n) is 5.86. The van der Waals surface area contributed by atoms with Crippen molar-refractivity contribution < 1.29 is 28.0 Å². The van der Waals surface area contributed by atoms with Gasteiger partial charge in [-0.15, -0.1) is 0 Å². The molecule has 2 aromatic carbocycles. The molecule has 134 valence electrons. The first-order chi connectivity index (χ1) is 11.8. The van der Waals surface area contributed by atoms with Crippen LogP contribution in [0.15, 0.2) is 54.6 Å². The van der Waals surface area contributed by atoms with Crippen LogP contribution in [-0.2, 0) is 11.0 Å². The minimum Gasteiger partial charge on any atom is -0.382 e. The highest BCUT2D eigenvalue weighted by Crippen LogP contribution is 2.34. The van der Waals surface area contributed by atoms with E-state index in [2.05, 4.69) is 5.32 Å². The van der Waals surface area contributed by atoms with Crippen LogP contribution in [0.1, 0.15) is 17.2 Å². The van der Waals surface area contributed by atoms with Crippen molar-refractivity contribution in [1.29, 1.82) is 0 Å². The Kier molecular flexibility index (Phi) is 6.17. The van der Waals surface area contributed by atoms with E-state index >= 15 is 0 Å². The van der Waals surface area contributed by atoms with E-state index in [1.807, 2.05) is 6.07 Å². The number of benzene rings is 2. The molecule has 0 aliphatic carbocycles. The van der Waals surface area contributed by atoms with Crippen molar-refractivity contribution in [2.45, 2.75) is 12.3 Å². The molecule has 0 spiro atoms. The molecule has 0 fully saturated rings. The highest BCUT2D eigenvalue weighted by molar-refractivity contribution is 5.92. The lowest BCUT2D eigenvalue weighted by atomic mass is 10.1. The Balaban J connectivity index is 1.94. The maximum atomic E-state index is 12.9. The van der Waals surface area contributed by atoms with Crippen LogP contribution in [0.2, 0.25) is 0 Å². The number of anilines is 1. The summed E-state index contributed by atoms with van der Waals surface area (Å²) in [5, 5.41) is 12.4. The summed E-state index contributed by atoms with van der Waals surface area (Å²) in [5.74, 6) is -0.547. The van der Waals surface area contributed by atoms with Gasteiger partial charge in [0.05, 0.1) is 18.3 Å². The normalized spacial score (nSPS) is 14.0. The number of carbonyl (C=O) groups is 1. The molecule has 0 saturated heterocycles. The Morgan fingerprint density at radius 3 is 2.36 bits per heavy atom. The molecule has 0 saturated carbocycles. The first kappa shape index (κ1) is 19.0. The molecule has 3 N–H and O–H groups in total. The lowest BCUT2D eigenvalue weighted by Crippen LogP contribution is -3.10. The van der Waals surface area contributed by atoms with Crippen molar-refractivity contribution in [2.24, 2.45) is 0 Å². The van der Waals surface area contributed by atoms with Gasteiger partial charge in [0, 0.05) is 0 Å². The van der Waals surface area contributed by atoms with Gasteiger partial charge in [0.25, 0.3) is 5.91 Å². The zero-order valence-electron chi connectivity index (χ0n) is 13.7. The van der Waals surface area contributed by atoms with E-state index in [0.29, 0.717) is 4.90 Å². The van der Waals surface area contributed by atoms with Crippen LogP contribution in [0.4, 0.5) is 18.9 Å². The van der Waals surface area contributed by atoms with Crippen molar-refractivity contribution in [1.82, 2.24) is 0 Å². The molecule has 4 nitrogen and oxygen atoms in total. The number of alkyl halides is 3. The molecule has 0 bridgehead atoms. The summed E-state index contributed by atoms with van der Waals surface area (Å²) in [7, 11) is 1.70. The second-order valence-corrected chi connectivity index (χ2v) is 5.86. The van der Waals surface area contributed by atoms with Gasteiger partial charge in [-0.1, -0.05) is 42.5 Å². The predicted molar refractivity (Wildman–Crippen MR) is 88.1 cm³/mol. The lowest BCUT2D eigenvalue weighted by molar-refractivity contribution is -0.875. The molecule has 25 heavy (non-hydrogen) atoms. The van der Waals surface area contributed by atoms with Crippen molar-refractivity contribution in [3.05, 3.63) is 65.7 Å². The van der Waals surface area contributed by atoms with Gasteiger partial charge in [-0.05, 0) is 17.7 Å². The summed E-state index contributed by atoms with van der Waals surface area (Å²) in [6, 6.07) is 13.8. The van der Waals surface area contributed by atoms with Crippen LogP contribution < -0.4 is 10.2 Å². The summed E-state index contributed by atoms with van der Waals surface area (Å²) in [6.45, 7) is 0.203. The number of para-hydroxylation sites is 1. The quantitative estimate of drug-likeness (QED) is 0.743. The minimum atomic E-state index is -4.54. The number of carbonyl (C=O) groups excluding carboxylic acids is 1. The topological polar surface area (TPSA) is 53.8 Å². The number of amides is 1. The van der Waals surface area contributed by atoms with Gasteiger partial charge >= 0.3 is 6.18 Å². The number of halogens is 3. The van der Waals surface area contributed by atoms with Crippen LogP contribution in [-0.4, -0.2) is 31.2 Å². The van der Waals surface area contributed by atoms with Gasteiger partial charge in [0.15, 0.2) is 6.54 Å². The SMILES string of the molecule is C[NH+](CC(=O)Nc1ccccc1C(F)(F)F)C[C@@H](O)c1ccccc1. The molecule has 0 aliphatic rings. The molecule has 2 aromatic rings. The van der Waals surface area contributed by atoms with Crippen LogP contribution in [0.3, 0.4) is 0 Å². The molecule has 0 heterocycles.